The summed E-state index contributed by atoms with van der Waals surface area (Å²) in [7, 11) is 0. The standard InChI is InChI=1S/C9H12O2/c1-2-3-4-8-7-11-6-5-9(8)10/h8H,4-7H2,1H3. The van der Waals surface area contributed by atoms with Crippen LogP contribution in [0.5, 0.6) is 0 Å². The molecule has 0 aromatic rings. The van der Waals surface area contributed by atoms with E-state index in [0.29, 0.717) is 31.8 Å². The Hall–Kier alpha value is -0.810. The first-order chi connectivity index (χ1) is 5.34. The molecule has 1 unspecified atom stereocenters. The average Bonchev–Trinajstić information content (AvgIpc) is 2.03. The molecular formula is C9H12O2. The highest BCUT2D eigenvalue weighted by atomic mass is 16.5. The van der Waals surface area contributed by atoms with E-state index in [-0.39, 0.29) is 5.92 Å². The van der Waals surface area contributed by atoms with Crippen molar-refractivity contribution in [1.82, 2.24) is 0 Å². The number of hydrogen-bond donors (Lipinski definition) is 0. The molecule has 0 radical (unpaired) electrons. The van der Waals surface area contributed by atoms with Gasteiger partial charge < -0.3 is 4.74 Å². The maximum Gasteiger partial charge on any atom is 0.141 e. The van der Waals surface area contributed by atoms with Crippen molar-refractivity contribution in [2.24, 2.45) is 5.92 Å². The Morgan fingerprint density at radius 2 is 2.55 bits per heavy atom. The Balaban J connectivity index is 2.39. The number of hydrogen-bond acceptors (Lipinski definition) is 2. The summed E-state index contributed by atoms with van der Waals surface area (Å²) >= 11 is 0. The van der Waals surface area contributed by atoms with Crippen molar-refractivity contribution in [3.05, 3.63) is 0 Å². The molecule has 2 heteroatoms. The van der Waals surface area contributed by atoms with E-state index in [2.05, 4.69) is 11.8 Å². The predicted octanol–water partition coefficient (Wildman–Crippen LogP) is 1.01. The summed E-state index contributed by atoms with van der Waals surface area (Å²) in [4.78, 5) is 11.2. The normalized spacial score (nSPS) is 24.1. The number of ketones is 1. The fraction of sp³-hybridized carbons (Fsp3) is 0.667. The zero-order valence-electron chi connectivity index (χ0n) is 6.72. The lowest BCUT2D eigenvalue weighted by Crippen LogP contribution is -2.26. The number of carbonyl (C=O) groups is 1. The summed E-state index contributed by atoms with van der Waals surface area (Å²) in [6, 6.07) is 0. The molecule has 1 aliphatic rings. The molecule has 60 valence electrons. The van der Waals surface area contributed by atoms with Gasteiger partial charge in [0, 0.05) is 12.8 Å². The Labute approximate surface area is 66.9 Å². The molecule has 1 rings (SSSR count). The molecule has 1 saturated heterocycles. The molecule has 1 aliphatic heterocycles. The van der Waals surface area contributed by atoms with Gasteiger partial charge >= 0.3 is 0 Å². The van der Waals surface area contributed by atoms with E-state index < -0.39 is 0 Å². The van der Waals surface area contributed by atoms with Crippen LogP contribution in [0.4, 0.5) is 0 Å². The minimum atomic E-state index is 0.0381. The van der Waals surface area contributed by atoms with Crippen LogP contribution in [0.25, 0.3) is 0 Å². The maximum absolute atomic E-state index is 11.2. The van der Waals surface area contributed by atoms with E-state index in [0.717, 1.165) is 0 Å². The topological polar surface area (TPSA) is 26.3 Å². The third kappa shape index (κ3) is 2.36. The third-order valence-corrected chi connectivity index (χ3v) is 1.79. The van der Waals surface area contributed by atoms with Crippen LogP contribution >= 0.6 is 0 Å². The molecule has 1 heterocycles. The number of Topliss-reactive ketones (excluding diaryl/α,β-unsaturated/α-hetero) is 1. The van der Waals surface area contributed by atoms with Gasteiger partial charge in [-0.3, -0.25) is 4.79 Å². The summed E-state index contributed by atoms with van der Waals surface area (Å²) in [6.07, 6.45) is 1.23. The minimum absolute atomic E-state index is 0.0381. The van der Waals surface area contributed by atoms with E-state index in [1.165, 1.54) is 0 Å². The van der Waals surface area contributed by atoms with Crippen molar-refractivity contribution < 1.29 is 9.53 Å². The first-order valence-corrected chi connectivity index (χ1v) is 3.84. The van der Waals surface area contributed by atoms with Crippen LogP contribution in [0.3, 0.4) is 0 Å². The number of ether oxygens (including phenoxy) is 1. The van der Waals surface area contributed by atoms with E-state index in [4.69, 9.17) is 4.74 Å². The number of carbonyl (C=O) groups excluding carboxylic acids is 1. The van der Waals surface area contributed by atoms with Crippen LogP contribution in [0, 0.1) is 17.8 Å². The number of rotatable bonds is 1. The summed E-state index contributed by atoms with van der Waals surface area (Å²) < 4.78 is 5.16. The second kappa shape index (κ2) is 4.15. The fourth-order valence-electron chi connectivity index (χ4n) is 1.09. The van der Waals surface area contributed by atoms with Gasteiger partial charge in [-0.05, 0) is 6.92 Å². The lowest BCUT2D eigenvalue weighted by Gasteiger charge is -2.18. The first kappa shape index (κ1) is 8.29. The van der Waals surface area contributed by atoms with Gasteiger partial charge in [-0.25, -0.2) is 0 Å². The minimum Gasteiger partial charge on any atom is -0.380 e. The molecule has 1 fully saturated rings. The van der Waals surface area contributed by atoms with Crippen LogP contribution in [0.15, 0.2) is 0 Å². The lowest BCUT2D eigenvalue weighted by atomic mass is 9.97. The Bertz CT molecular complexity index is 197. The smallest absolute Gasteiger partial charge is 0.141 e. The highest BCUT2D eigenvalue weighted by Crippen LogP contribution is 2.12. The average molecular weight is 152 g/mol. The Morgan fingerprint density at radius 1 is 1.73 bits per heavy atom. The first-order valence-electron chi connectivity index (χ1n) is 3.84. The second-order valence-electron chi connectivity index (χ2n) is 2.62. The highest BCUT2D eigenvalue weighted by Gasteiger charge is 2.21. The Morgan fingerprint density at radius 3 is 3.18 bits per heavy atom. The van der Waals surface area contributed by atoms with Crippen LogP contribution in [0.1, 0.15) is 19.8 Å². The lowest BCUT2D eigenvalue weighted by molar-refractivity contribution is -0.130. The SMILES string of the molecule is CC#CCC1COCCC1=O. The van der Waals surface area contributed by atoms with Gasteiger partial charge in [0.1, 0.15) is 5.78 Å². The van der Waals surface area contributed by atoms with Crippen molar-refractivity contribution in [2.45, 2.75) is 19.8 Å². The molecular weight excluding hydrogens is 140 g/mol. The predicted molar refractivity (Wildman–Crippen MR) is 42.0 cm³/mol. The summed E-state index contributed by atoms with van der Waals surface area (Å²) in [5, 5.41) is 0. The van der Waals surface area contributed by atoms with Crippen LogP contribution in [-0.4, -0.2) is 19.0 Å². The van der Waals surface area contributed by atoms with Gasteiger partial charge in [0.25, 0.3) is 0 Å². The van der Waals surface area contributed by atoms with Gasteiger partial charge in [0.15, 0.2) is 0 Å². The Kier molecular flexibility index (Phi) is 3.13. The van der Waals surface area contributed by atoms with Gasteiger partial charge in [-0.2, -0.15) is 0 Å². The zero-order valence-corrected chi connectivity index (χ0v) is 6.72. The summed E-state index contributed by atoms with van der Waals surface area (Å²) in [5.41, 5.74) is 0. The zero-order chi connectivity index (χ0) is 8.10. The van der Waals surface area contributed by atoms with E-state index in [9.17, 15) is 4.79 Å². The molecule has 0 aliphatic carbocycles. The molecule has 0 spiro atoms. The van der Waals surface area contributed by atoms with Gasteiger partial charge in [0.05, 0.1) is 19.1 Å². The van der Waals surface area contributed by atoms with Crippen molar-refractivity contribution >= 4 is 5.78 Å². The van der Waals surface area contributed by atoms with Gasteiger partial charge in [-0.15, -0.1) is 11.8 Å². The molecule has 0 amide bonds. The fourth-order valence-corrected chi connectivity index (χ4v) is 1.09. The molecule has 0 saturated carbocycles. The maximum atomic E-state index is 11.2. The van der Waals surface area contributed by atoms with Crippen molar-refractivity contribution in [1.29, 1.82) is 0 Å². The second-order valence-corrected chi connectivity index (χ2v) is 2.62. The largest absolute Gasteiger partial charge is 0.380 e. The highest BCUT2D eigenvalue weighted by molar-refractivity contribution is 5.82. The molecule has 0 aromatic heterocycles. The van der Waals surface area contributed by atoms with Crippen LogP contribution in [-0.2, 0) is 9.53 Å². The molecule has 2 nitrogen and oxygen atoms in total. The molecule has 11 heavy (non-hydrogen) atoms. The van der Waals surface area contributed by atoms with Gasteiger partial charge in [-0.1, -0.05) is 0 Å². The molecule has 0 N–H and O–H groups in total. The quantitative estimate of drug-likeness (QED) is 0.524. The van der Waals surface area contributed by atoms with Crippen molar-refractivity contribution in [3.63, 3.8) is 0 Å². The monoisotopic (exact) mass is 152 g/mol. The van der Waals surface area contributed by atoms with E-state index in [1.54, 1.807) is 6.92 Å². The van der Waals surface area contributed by atoms with Crippen LogP contribution < -0.4 is 0 Å². The van der Waals surface area contributed by atoms with Crippen LogP contribution in [0.2, 0.25) is 0 Å². The van der Waals surface area contributed by atoms with Crippen molar-refractivity contribution in [2.75, 3.05) is 13.2 Å². The van der Waals surface area contributed by atoms with Gasteiger partial charge in [0.2, 0.25) is 0 Å². The summed E-state index contributed by atoms with van der Waals surface area (Å²) in [5.74, 6) is 6.02. The van der Waals surface area contributed by atoms with E-state index >= 15 is 0 Å². The van der Waals surface area contributed by atoms with E-state index in [1.807, 2.05) is 0 Å². The molecule has 1 atom stereocenters. The third-order valence-electron chi connectivity index (χ3n) is 1.79. The molecule has 0 aromatic carbocycles. The van der Waals surface area contributed by atoms with Crippen molar-refractivity contribution in [3.8, 4) is 11.8 Å². The summed E-state index contributed by atoms with van der Waals surface area (Å²) in [6.45, 7) is 2.94. The molecule has 0 bridgehead atoms.